The van der Waals surface area contributed by atoms with Gasteiger partial charge in [-0.05, 0) is 18.2 Å². The van der Waals surface area contributed by atoms with Gasteiger partial charge in [0.2, 0.25) is 0 Å². The van der Waals surface area contributed by atoms with E-state index in [9.17, 15) is 10.1 Å². The van der Waals surface area contributed by atoms with Crippen LogP contribution in [-0.2, 0) is 0 Å². The van der Waals surface area contributed by atoms with Crippen molar-refractivity contribution in [1.29, 1.82) is 0 Å². The van der Waals surface area contributed by atoms with E-state index in [-0.39, 0.29) is 5.69 Å². The van der Waals surface area contributed by atoms with E-state index in [1.54, 1.807) is 12.3 Å². The maximum atomic E-state index is 10.8. The summed E-state index contributed by atoms with van der Waals surface area (Å²) in [6, 6.07) is 16.1. The number of H-pyrrole nitrogens is 1. The van der Waals surface area contributed by atoms with E-state index in [0.29, 0.717) is 16.9 Å². The number of rotatable bonds is 3. The molecule has 0 saturated carbocycles. The third kappa shape index (κ3) is 2.36. The first kappa shape index (κ1) is 13.3. The standard InChI is InChI=1S/C17H11N3O3/c21-20(22)13-7-8-14-15(10-13)19-17(18-14)12-5-3-11(4-6-12)16-2-1-9-23-16/h1-10H,(H,18,19). The number of imidazole rings is 1. The molecule has 6 heteroatoms. The number of furan rings is 1. The molecule has 2 heterocycles. The van der Waals surface area contributed by atoms with Crippen LogP contribution in [0.25, 0.3) is 33.7 Å². The summed E-state index contributed by atoms with van der Waals surface area (Å²) in [4.78, 5) is 18.0. The van der Waals surface area contributed by atoms with Crippen LogP contribution in [-0.4, -0.2) is 14.9 Å². The number of nitrogens with one attached hydrogen (secondary N) is 1. The molecule has 0 atom stereocenters. The lowest BCUT2D eigenvalue weighted by Gasteiger charge is -1.99. The number of nitrogens with zero attached hydrogens (tertiary/aromatic N) is 2. The predicted octanol–water partition coefficient (Wildman–Crippen LogP) is 4.40. The van der Waals surface area contributed by atoms with Gasteiger partial charge in [-0.1, -0.05) is 24.3 Å². The third-order valence-corrected chi connectivity index (χ3v) is 3.64. The van der Waals surface area contributed by atoms with Crippen LogP contribution in [0.1, 0.15) is 0 Å². The zero-order chi connectivity index (χ0) is 15.8. The second-order valence-corrected chi connectivity index (χ2v) is 5.10. The van der Waals surface area contributed by atoms with Gasteiger partial charge < -0.3 is 9.40 Å². The van der Waals surface area contributed by atoms with Crippen LogP contribution in [0.3, 0.4) is 0 Å². The number of hydrogen-bond donors (Lipinski definition) is 1. The zero-order valence-electron chi connectivity index (χ0n) is 11.9. The Kier molecular flexibility index (Phi) is 2.94. The van der Waals surface area contributed by atoms with Gasteiger partial charge in [0.15, 0.2) is 0 Å². The van der Waals surface area contributed by atoms with E-state index < -0.39 is 4.92 Å². The number of aromatic nitrogens is 2. The molecule has 112 valence electrons. The summed E-state index contributed by atoms with van der Waals surface area (Å²) in [5.74, 6) is 1.48. The summed E-state index contributed by atoms with van der Waals surface area (Å²) in [5.41, 5.74) is 3.26. The summed E-state index contributed by atoms with van der Waals surface area (Å²) < 4.78 is 5.36. The first-order valence-electron chi connectivity index (χ1n) is 6.99. The van der Waals surface area contributed by atoms with Crippen molar-refractivity contribution in [2.75, 3.05) is 0 Å². The molecule has 1 N–H and O–H groups in total. The maximum absolute atomic E-state index is 10.8. The van der Waals surface area contributed by atoms with Gasteiger partial charge in [0, 0.05) is 23.3 Å². The molecule has 0 aliphatic heterocycles. The molecule has 0 bridgehead atoms. The Morgan fingerprint density at radius 3 is 2.52 bits per heavy atom. The zero-order valence-corrected chi connectivity index (χ0v) is 11.9. The molecule has 0 radical (unpaired) electrons. The molecule has 0 unspecified atom stereocenters. The molecule has 2 aromatic heterocycles. The second kappa shape index (κ2) is 5.10. The number of nitro groups is 1. The lowest BCUT2D eigenvalue weighted by Crippen LogP contribution is -1.86. The first-order valence-corrected chi connectivity index (χ1v) is 6.99. The molecule has 23 heavy (non-hydrogen) atoms. The monoisotopic (exact) mass is 305 g/mol. The van der Waals surface area contributed by atoms with Gasteiger partial charge >= 0.3 is 0 Å². The SMILES string of the molecule is O=[N+]([O-])c1ccc2nc(-c3ccc(-c4ccco4)cc3)[nH]c2c1. The van der Waals surface area contributed by atoms with Crippen molar-refractivity contribution in [3.8, 4) is 22.7 Å². The molecule has 6 nitrogen and oxygen atoms in total. The lowest BCUT2D eigenvalue weighted by molar-refractivity contribution is -0.384. The molecule has 0 amide bonds. The Hall–Kier alpha value is -3.41. The Labute approximate surface area is 130 Å². The molecule has 0 aliphatic carbocycles. The van der Waals surface area contributed by atoms with Crippen LogP contribution in [0.15, 0.2) is 65.3 Å². The minimum atomic E-state index is -0.419. The second-order valence-electron chi connectivity index (χ2n) is 5.10. The highest BCUT2D eigenvalue weighted by atomic mass is 16.6. The van der Waals surface area contributed by atoms with Crippen molar-refractivity contribution in [2.45, 2.75) is 0 Å². The van der Waals surface area contributed by atoms with E-state index in [1.165, 1.54) is 12.1 Å². The number of fused-ring (bicyclic) bond motifs is 1. The molecule has 0 saturated heterocycles. The van der Waals surface area contributed by atoms with Crippen molar-refractivity contribution in [3.05, 3.63) is 71.0 Å². The summed E-state index contributed by atoms with van der Waals surface area (Å²) >= 11 is 0. The van der Waals surface area contributed by atoms with Gasteiger partial charge in [0.05, 0.1) is 22.2 Å². The average molecular weight is 305 g/mol. The predicted molar refractivity (Wildman–Crippen MR) is 85.9 cm³/mol. The number of aromatic amines is 1. The molecule has 0 spiro atoms. The highest BCUT2D eigenvalue weighted by Gasteiger charge is 2.11. The van der Waals surface area contributed by atoms with Crippen LogP contribution in [0, 0.1) is 10.1 Å². The highest BCUT2D eigenvalue weighted by Crippen LogP contribution is 2.26. The Bertz CT molecular complexity index is 986. The fraction of sp³-hybridized carbons (Fsp3) is 0. The van der Waals surface area contributed by atoms with Crippen molar-refractivity contribution in [3.63, 3.8) is 0 Å². The molecule has 2 aromatic carbocycles. The van der Waals surface area contributed by atoms with Gasteiger partial charge in [-0.3, -0.25) is 10.1 Å². The van der Waals surface area contributed by atoms with Crippen LogP contribution < -0.4 is 0 Å². The van der Waals surface area contributed by atoms with Gasteiger partial charge in [0.25, 0.3) is 5.69 Å². The molecular formula is C17H11N3O3. The minimum Gasteiger partial charge on any atom is -0.464 e. The number of nitro benzene ring substituents is 1. The Morgan fingerprint density at radius 1 is 1.04 bits per heavy atom. The topological polar surface area (TPSA) is 85.0 Å². The van der Waals surface area contributed by atoms with Crippen molar-refractivity contribution >= 4 is 16.7 Å². The normalized spacial score (nSPS) is 11.0. The van der Waals surface area contributed by atoms with E-state index >= 15 is 0 Å². The van der Waals surface area contributed by atoms with E-state index in [2.05, 4.69) is 9.97 Å². The summed E-state index contributed by atoms with van der Waals surface area (Å²) in [6.07, 6.45) is 1.63. The molecule has 4 rings (SSSR count). The molecule has 0 aliphatic rings. The Morgan fingerprint density at radius 2 is 1.83 bits per heavy atom. The smallest absolute Gasteiger partial charge is 0.271 e. The number of benzene rings is 2. The van der Waals surface area contributed by atoms with E-state index in [4.69, 9.17) is 4.42 Å². The molecule has 0 fully saturated rings. The largest absolute Gasteiger partial charge is 0.464 e. The maximum Gasteiger partial charge on any atom is 0.271 e. The Balaban J connectivity index is 1.72. The summed E-state index contributed by atoms with van der Waals surface area (Å²) in [7, 11) is 0. The van der Waals surface area contributed by atoms with Crippen LogP contribution in [0.4, 0.5) is 5.69 Å². The van der Waals surface area contributed by atoms with Gasteiger partial charge in [0.1, 0.15) is 11.6 Å². The average Bonchev–Trinajstić information content (AvgIpc) is 3.23. The summed E-state index contributed by atoms with van der Waals surface area (Å²) in [6.45, 7) is 0. The van der Waals surface area contributed by atoms with E-state index in [0.717, 1.165) is 16.9 Å². The van der Waals surface area contributed by atoms with Crippen LogP contribution >= 0.6 is 0 Å². The minimum absolute atomic E-state index is 0.0425. The van der Waals surface area contributed by atoms with Gasteiger partial charge in [-0.15, -0.1) is 0 Å². The van der Waals surface area contributed by atoms with Crippen LogP contribution in [0.5, 0.6) is 0 Å². The van der Waals surface area contributed by atoms with Crippen LogP contribution in [0.2, 0.25) is 0 Å². The van der Waals surface area contributed by atoms with Crippen molar-refractivity contribution < 1.29 is 9.34 Å². The van der Waals surface area contributed by atoms with Crippen molar-refractivity contribution in [1.82, 2.24) is 9.97 Å². The first-order chi connectivity index (χ1) is 11.2. The molecular weight excluding hydrogens is 294 g/mol. The van der Waals surface area contributed by atoms with E-state index in [1.807, 2.05) is 36.4 Å². The van der Waals surface area contributed by atoms with Gasteiger partial charge in [-0.2, -0.15) is 0 Å². The fourth-order valence-corrected chi connectivity index (χ4v) is 2.48. The van der Waals surface area contributed by atoms with Gasteiger partial charge in [-0.25, -0.2) is 4.98 Å². The summed E-state index contributed by atoms with van der Waals surface area (Å²) in [5, 5.41) is 10.8. The third-order valence-electron chi connectivity index (χ3n) is 3.64. The highest BCUT2D eigenvalue weighted by molar-refractivity contribution is 5.81. The molecule has 4 aromatic rings. The number of hydrogen-bond acceptors (Lipinski definition) is 4. The van der Waals surface area contributed by atoms with Crippen molar-refractivity contribution in [2.24, 2.45) is 0 Å². The fourth-order valence-electron chi connectivity index (χ4n) is 2.48. The lowest BCUT2D eigenvalue weighted by atomic mass is 10.1. The quantitative estimate of drug-likeness (QED) is 0.449. The number of non-ortho nitro benzene ring substituents is 1.